The van der Waals surface area contributed by atoms with Crippen molar-refractivity contribution in [1.82, 2.24) is 42.5 Å². The van der Waals surface area contributed by atoms with Gasteiger partial charge < -0.3 is 109 Å². The Bertz CT molecular complexity index is 1900. The van der Waals surface area contributed by atoms with E-state index in [1.807, 2.05) is 0 Å². The highest BCUT2D eigenvalue weighted by Gasteiger charge is 2.52. The van der Waals surface area contributed by atoms with Crippen LogP contribution in [0.3, 0.4) is 0 Å². The SMILES string of the molecule is CO[C@@H]1C(CO)O[C@@H](O[C@@H]2C(CO)OC(NC(=O)CC(NC(=O)C(C)NC(=O)C(NC(=O)C(N)CCCCN)C(C)C)C(=O)NC(CCCCN)C(=O)NC(C(=O)O)C(C)O)C(NC(C)=O)C2O)C(NC(C)=O)C1O. The van der Waals surface area contributed by atoms with Gasteiger partial charge in [0.25, 0.3) is 0 Å². The molecule has 2 fully saturated rings. The minimum atomic E-state index is -1.94. The summed E-state index contributed by atoms with van der Waals surface area (Å²) in [6.07, 6.45) is -13.3. The summed E-state index contributed by atoms with van der Waals surface area (Å²) in [5, 5.41) is 82.3. The molecular formula is C45H81N11O19. The van der Waals surface area contributed by atoms with Gasteiger partial charge >= 0.3 is 5.97 Å². The summed E-state index contributed by atoms with van der Waals surface area (Å²) in [6.45, 7) is 6.67. The summed E-state index contributed by atoms with van der Waals surface area (Å²) >= 11 is 0. The van der Waals surface area contributed by atoms with Crippen molar-refractivity contribution >= 4 is 53.2 Å². The van der Waals surface area contributed by atoms with Gasteiger partial charge in [-0.2, -0.15) is 0 Å². The lowest BCUT2D eigenvalue weighted by Crippen LogP contribution is -2.71. The largest absolute Gasteiger partial charge is 0.480 e. The fraction of sp³-hybridized carbons (Fsp3) is 0.800. The average molecular weight is 1080 g/mol. The monoisotopic (exact) mass is 1080 g/mol. The molecule has 2 rings (SSSR count). The molecule has 0 radical (unpaired) electrons. The van der Waals surface area contributed by atoms with Gasteiger partial charge in [0, 0.05) is 21.0 Å². The highest BCUT2D eigenvalue weighted by Crippen LogP contribution is 2.30. The topological polar surface area (TPSA) is 486 Å². The van der Waals surface area contributed by atoms with Crippen molar-refractivity contribution in [2.24, 2.45) is 23.1 Å². The first-order valence-corrected chi connectivity index (χ1v) is 24.8. The standard InChI is InChI=1S/C45H81N11O19/c1-19(2)30(55-39(66)24(48)12-8-10-14-46)42(69)49-20(3)38(65)53-26(41(68)52-25(13-9-11-15-47)40(67)56-31(21(4)59)44(70)71)16-29(62)54-43-32(50-22(5)60)34(63)37(28(18-58)73-43)75-45-33(51-23(6)61)35(64)36(72-7)27(17-57)74-45/h19-21,24-28,30-37,43,45,57-59,63-64H,8-18,46-48H2,1-7H3,(H,49,69)(H,50,60)(H,51,61)(H,52,68)(H,53,65)(H,54,62)(H,55,66)(H,56,67)(H,70,71)/t20?,21?,24?,25?,26?,27?,28?,30?,31?,32?,33?,34?,35?,36-,37-,43?,45+/m1/s1. The van der Waals surface area contributed by atoms with Crippen molar-refractivity contribution in [2.75, 3.05) is 33.4 Å². The van der Waals surface area contributed by atoms with Crippen LogP contribution in [0.5, 0.6) is 0 Å². The van der Waals surface area contributed by atoms with Crippen molar-refractivity contribution < 1.29 is 92.7 Å². The average Bonchev–Trinajstić information content (AvgIpc) is 3.33. The van der Waals surface area contributed by atoms with Crippen molar-refractivity contribution in [3.05, 3.63) is 0 Å². The van der Waals surface area contributed by atoms with E-state index < -0.39 is 182 Å². The van der Waals surface area contributed by atoms with E-state index in [1.165, 1.54) is 14.0 Å². The predicted octanol–water partition coefficient (Wildman–Crippen LogP) is -7.79. The Kier molecular flexibility index (Phi) is 28.4. The summed E-state index contributed by atoms with van der Waals surface area (Å²) in [4.78, 5) is 119. The molecule has 2 aliphatic heterocycles. The van der Waals surface area contributed by atoms with Crippen molar-refractivity contribution in [3.63, 3.8) is 0 Å². The van der Waals surface area contributed by atoms with E-state index in [-0.39, 0.29) is 25.8 Å². The van der Waals surface area contributed by atoms with E-state index in [9.17, 15) is 73.8 Å². The van der Waals surface area contributed by atoms with Crippen LogP contribution in [0.4, 0.5) is 0 Å². The molecule has 75 heavy (non-hydrogen) atoms. The minimum absolute atomic E-state index is 0.152. The molecule has 30 heteroatoms. The van der Waals surface area contributed by atoms with Crippen LogP contribution in [0.25, 0.3) is 0 Å². The number of carboxylic acid groups (broad SMARTS) is 1. The third kappa shape index (κ3) is 20.3. The summed E-state index contributed by atoms with van der Waals surface area (Å²) in [5.74, 6) is -9.49. The summed E-state index contributed by atoms with van der Waals surface area (Å²) in [7, 11) is 1.22. The van der Waals surface area contributed by atoms with Gasteiger partial charge in [-0.05, 0) is 65.0 Å². The lowest BCUT2D eigenvalue weighted by Gasteiger charge is -2.48. The third-order valence-electron chi connectivity index (χ3n) is 12.3. The second-order valence-electron chi connectivity index (χ2n) is 18.8. The first-order chi connectivity index (χ1) is 35.3. The van der Waals surface area contributed by atoms with Crippen LogP contribution in [-0.4, -0.2) is 221 Å². The van der Waals surface area contributed by atoms with Crippen LogP contribution in [-0.2, 0) is 62.1 Å². The van der Waals surface area contributed by atoms with Gasteiger partial charge in [0.15, 0.2) is 18.6 Å². The molecule has 0 bridgehead atoms. The molecule has 17 atom stereocenters. The number of nitrogens with one attached hydrogen (secondary N) is 8. The van der Waals surface area contributed by atoms with Crippen molar-refractivity contribution in [2.45, 2.75) is 190 Å². The van der Waals surface area contributed by atoms with Crippen LogP contribution in [0.15, 0.2) is 0 Å². The highest BCUT2D eigenvalue weighted by molar-refractivity contribution is 5.98. The molecule has 8 amide bonds. The Labute approximate surface area is 434 Å². The van der Waals surface area contributed by atoms with Gasteiger partial charge in [0.05, 0.1) is 31.8 Å². The molecule has 0 aromatic heterocycles. The molecule has 30 nitrogen and oxygen atoms in total. The van der Waals surface area contributed by atoms with Gasteiger partial charge in [-0.1, -0.05) is 20.3 Å². The minimum Gasteiger partial charge on any atom is -0.480 e. The van der Waals surface area contributed by atoms with Gasteiger partial charge in [0.2, 0.25) is 47.3 Å². The number of amides is 8. The van der Waals surface area contributed by atoms with Gasteiger partial charge in [-0.15, -0.1) is 0 Å². The van der Waals surface area contributed by atoms with Crippen molar-refractivity contribution in [1.29, 1.82) is 0 Å². The van der Waals surface area contributed by atoms with Crippen LogP contribution in [0.1, 0.15) is 86.5 Å². The number of ether oxygens (including phenoxy) is 4. The number of carbonyl (C=O) groups excluding carboxylic acids is 8. The fourth-order valence-electron chi connectivity index (χ4n) is 8.19. The molecule has 14 unspecified atom stereocenters. The Balaban J connectivity index is 2.53. The number of aliphatic hydroxyl groups is 5. The molecular weight excluding hydrogens is 999 g/mol. The number of carboxylic acids is 1. The second-order valence-corrected chi connectivity index (χ2v) is 18.8. The second kappa shape index (κ2) is 32.4. The molecule has 430 valence electrons. The zero-order valence-electron chi connectivity index (χ0n) is 43.4. The lowest BCUT2D eigenvalue weighted by atomic mass is 9.93. The van der Waals surface area contributed by atoms with E-state index in [4.69, 9.17) is 36.1 Å². The van der Waals surface area contributed by atoms with Crippen LogP contribution in [0, 0.1) is 5.92 Å². The zero-order valence-corrected chi connectivity index (χ0v) is 43.4. The first-order valence-electron chi connectivity index (χ1n) is 24.8. The Hall–Kier alpha value is -5.25. The van der Waals surface area contributed by atoms with E-state index in [1.54, 1.807) is 13.8 Å². The van der Waals surface area contributed by atoms with Crippen LogP contribution in [0.2, 0.25) is 0 Å². The molecule has 0 aliphatic carbocycles. The van der Waals surface area contributed by atoms with E-state index >= 15 is 0 Å². The lowest BCUT2D eigenvalue weighted by molar-refractivity contribution is -0.317. The molecule has 0 saturated carbocycles. The van der Waals surface area contributed by atoms with E-state index in [2.05, 4.69) is 42.5 Å². The molecule has 20 N–H and O–H groups in total. The molecule has 2 aliphatic rings. The quantitative estimate of drug-likeness (QED) is 0.0287. The number of unbranched alkanes of at least 4 members (excludes halogenated alkanes) is 2. The van der Waals surface area contributed by atoms with E-state index in [0.29, 0.717) is 25.8 Å². The normalized spacial score (nSPS) is 26.4. The molecule has 0 aromatic carbocycles. The fourth-order valence-corrected chi connectivity index (χ4v) is 8.19. The number of aliphatic carboxylic acids is 1. The van der Waals surface area contributed by atoms with Gasteiger partial charge in [-0.3, -0.25) is 38.4 Å². The molecule has 0 spiro atoms. The maximum absolute atomic E-state index is 14.2. The van der Waals surface area contributed by atoms with Gasteiger partial charge in [0.1, 0.15) is 72.9 Å². The molecule has 2 saturated heterocycles. The first kappa shape index (κ1) is 65.9. The maximum Gasteiger partial charge on any atom is 0.328 e. The molecule has 0 aromatic rings. The summed E-state index contributed by atoms with van der Waals surface area (Å²) in [5.41, 5.74) is 17.2. The van der Waals surface area contributed by atoms with E-state index in [0.717, 1.165) is 20.8 Å². The van der Waals surface area contributed by atoms with Gasteiger partial charge in [-0.25, -0.2) is 4.79 Å². The Morgan fingerprint density at radius 3 is 1.67 bits per heavy atom. The maximum atomic E-state index is 14.2. The number of aliphatic hydroxyl groups excluding tert-OH is 5. The number of carbonyl (C=O) groups is 9. The van der Waals surface area contributed by atoms with Crippen molar-refractivity contribution in [3.8, 4) is 0 Å². The third-order valence-corrected chi connectivity index (χ3v) is 12.3. The number of hydrogen-bond acceptors (Lipinski definition) is 21. The number of rotatable bonds is 31. The van der Waals surface area contributed by atoms with Crippen LogP contribution >= 0.6 is 0 Å². The Morgan fingerprint density at radius 2 is 1.15 bits per heavy atom. The smallest absolute Gasteiger partial charge is 0.328 e. The van der Waals surface area contributed by atoms with Crippen LogP contribution < -0.4 is 59.7 Å². The summed E-state index contributed by atoms with van der Waals surface area (Å²) < 4.78 is 23.1. The highest BCUT2D eigenvalue weighted by atomic mass is 16.7. The zero-order chi connectivity index (χ0) is 56.9. The molecule has 2 heterocycles. The number of methoxy groups -OCH3 is 1. The summed E-state index contributed by atoms with van der Waals surface area (Å²) in [6, 6.07) is -12.0. The number of nitrogens with two attached hydrogens (primary N) is 3. The Morgan fingerprint density at radius 1 is 0.627 bits per heavy atom. The number of hydrogen-bond donors (Lipinski definition) is 17. The predicted molar refractivity (Wildman–Crippen MR) is 260 cm³/mol.